The van der Waals surface area contributed by atoms with Gasteiger partial charge in [0.25, 0.3) is 5.91 Å². The standard InChI is InChI=1S/C24H29FN4O3S.2C2H6/c1-3-4-11-26-23(31)21-14(2)20-22(27-13-28-24(20)33-21)29-18-10-5-15(25)12-19(18)32-17-8-6-16(30)7-9-17;2*1-2/h5,10,12-13,16-17,30H,3-4,6-9,11H2,1-2H3,(H,26,31)(H,27,28,29);2*1-2H3. The highest BCUT2D eigenvalue weighted by Crippen LogP contribution is 2.37. The summed E-state index contributed by atoms with van der Waals surface area (Å²) in [7, 11) is 0. The average Bonchev–Trinajstić information content (AvgIpc) is 3.26. The van der Waals surface area contributed by atoms with E-state index < -0.39 is 5.82 Å². The summed E-state index contributed by atoms with van der Waals surface area (Å²) in [6.07, 6.45) is 5.79. The molecule has 0 aliphatic heterocycles. The summed E-state index contributed by atoms with van der Waals surface area (Å²) in [4.78, 5) is 22.7. The van der Waals surface area contributed by atoms with Crippen LogP contribution in [0.3, 0.4) is 0 Å². The fraction of sp³-hybridized carbons (Fsp3) is 0.536. The first-order chi connectivity index (χ1) is 18.0. The Morgan fingerprint density at radius 2 is 1.86 bits per heavy atom. The highest BCUT2D eigenvalue weighted by Gasteiger charge is 2.23. The smallest absolute Gasteiger partial charge is 0.261 e. The number of rotatable bonds is 8. The number of hydrogen-bond donors (Lipinski definition) is 3. The lowest BCUT2D eigenvalue weighted by molar-refractivity contribution is 0.0668. The highest BCUT2D eigenvalue weighted by molar-refractivity contribution is 7.20. The molecule has 1 aromatic carbocycles. The van der Waals surface area contributed by atoms with Gasteiger partial charge in [0.1, 0.15) is 28.5 Å². The molecule has 1 amide bonds. The van der Waals surface area contributed by atoms with E-state index in [0.29, 0.717) is 46.3 Å². The topological polar surface area (TPSA) is 96.4 Å². The zero-order chi connectivity index (χ0) is 27.4. The molecule has 9 heteroatoms. The zero-order valence-electron chi connectivity index (χ0n) is 22.9. The maximum atomic E-state index is 14.0. The number of ether oxygens (including phenoxy) is 1. The first kappa shape index (κ1) is 30.4. The summed E-state index contributed by atoms with van der Waals surface area (Å²) in [5.74, 6) is 0.433. The fourth-order valence-electron chi connectivity index (χ4n) is 4.01. The second kappa shape index (κ2) is 15.5. The van der Waals surface area contributed by atoms with E-state index in [1.54, 1.807) is 6.07 Å². The number of aryl methyl sites for hydroxylation is 1. The summed E-state index contributed by atoms with van der Waals surface area (Å²) in [6.45, 7) is 12.6. The van der Waals surface area contributed by atoms with Gasteiger partial charge in [-0.3, -0.25) is 4.79 Å². The number of hydrogen-bond acceptors (Lipinski definition) is 7. The van der Waals surface area contributed by atoms with Crippen molar-refractivity contribution < 1.29 is 19.0 Å². The lowest BCUT2D eigenvalue weighted by Gasteiger charge is -2.27. The van der Waals surface area contributed by atoms with Crippen molar-refractivity contribution in [1.29, 1.82) is 0 Å². The molecule has 0 radical (unpaired) electrons. The van der Waals surface area contributed by atoms with Crippen LogP contribution >= 0.6 is 11.3 Å². The van der Waals surface area contributed by atoms with Crippen LogP contribution < -0.4 is 15.4 Å². The van der Waals surface area contributed by atoms with Crippen molar-refractivity contribution >= 4 is 39.0 Å². The number of aliphatic hydroxyl groups is 1. The fourth-order valence-corrected chi connectivity index (χ4v) is 5.07. The molecule has 0 unspecified atom stereocenters. The van der Waals surface area contributed by atoms with Crippen LogP contribution in [0.1, 0.15) is 88.4 Å². The maximum absolute atomic E-state index is 14.0. The van der Waals surface area contributed by atoms with Crippen LogP contribution in [0, 0.1) is 12.7 Å². The van der Waals surface area contributed by atoms with E-state index in [4.69, 9.17) is 4.74 Å². The number of nitrogens with zero attached hydrogens (tertiary/aromatic N) is 2. The Bertz CT molecular complexity index is 1130. The van der Waals surface area contributed by atoms with Gasteiger partial charge in [0.15, 0.2) is 0 Å². The number of amides is 1. The monoisotopic (exact) mass is 532 g/mol. The lowest BCUT2D eigenvalue weighted by atomic mass is 9.95. The number of fused-ring (bicyclic) bond motifs is 1. The molecule has 204 valence electrons. The number of aromatic nitrogens is 2. The molecule has 3 aromatic rings. The number of anilines is 2. The number of aliphatic hydroxyl groups excluding tert-OH is 1. The Morgan fingerprint density at radius 3 is 2.54 bits per heavy atom. The molecule has 2 heterocycles. The second-order valence-corrected chi connectivity index (χ2v) is 9.38. The Kier molecular flexibility index (Phi) is 12.7. The molecule has 0 spiro atoms. The van der Waals surface area contributed by atoms with Crippen LogP contribution in [-0.4, -0.2) is 39.7 Å². The van der Waals surface area contributed by atoms with Gasteiger partial charge in [-0.2, -0.15) is 0 Å². The Labute approximate surface area is 223 Å². The summed E-state index contributed by atoms with van der Waals surface area (Å²) >= 11 is 1.33. The molecule has 1 aliphatic rings. The first-order valence-corrected chi connectivity index (χ1v) is 14.2. The molecule has 1 saturated carbocycles. The van der Waals surface area contributed by atoms with Crippen LogP contribution in [0.2, 0.25) is 0 Å². The highest BCUT2D eigenvalue weighted by atomic mass is 32.1. The van der Waals surface area contributed by atoms with E-state index in [1.165, 1.54) is 29.8 Å². The van der Waals surface area contributed by atoms with Gasteiger partial charge in [0.2, 0.25) is 0 Å². The normalized spacial score (nSPS) is 16.6. The minimum atomic E-state index is -0.392. The number of benzene rings is 1. The van der Waals surface area contributed by atoms with Gasteiger partial charge < -0.3 is 20.5 Å². The summed E-state index contributed by atoms with van der Waals surface area (Å²) < 4.78 is 20.1. The lowest BCUT2D eigenvalue weighted by Crippen LogP contribution is -2.26. The van der Waals surface area contributed by atoms with Crippen molar-refractivity contribution in [2.75, 3.05) is 11.9 Å². The van der Waals surface area contributed by atoms with Crippen LogP contribution in [0.25, 0.3) is 10.2 Å². The van der Waals surface area contributed by atoms with E-state index in [-0.39, 0.29) is 18.1 Å². The molecular formula is C28H41FN4O3S. The van der Waals surface area contributed by atoms with Gasteiger partial charge >= 0.3 is 0 Å². The largest absolute Gasteiger partial charge is 0.488 e. The van der Waals surface area contributed by atoms with Crippen molar-refractivity contribution in [1.82, 2.24) is 15.3 Å². The Morgan fingerprint density at radius 1 is 1.16 bits per heavy atom. The van der Waals surface area contributed by atoms with Crippen molar-refractivity contribution in [3.8, 4) is 5.75 Å². The molecule has 7 nitrogen and oxygen atoms in total. The Hall–Kier alpha value is -2.78. The van der Waals surface area contributed by atoms with Gasteiger partial charge in [-0.1, -0.05) is 41.0 Å². The molecule has 0 bridgehead atoms. The number of halogens is 1. The van der Waals surface area contributed by atoms with Crippen LogP contribution in [0.4, 0.5) is 15.9 Å². The first-order valence-electron chi connectivity index (χ1n) is 13.4. The third kappa shape index (κ3) is 8.10. The van der Waals surface area contributed by atoms with Crippen LogP contribution in [0.5, 0.6) is 5.75 Å². The minimum absolute atomic E-state index is 0.0810. The van der Waals surface area contributed by atoms with E-state index >= 15 is 0 Å². The molecule has 2 aromatic heterocycles. The molecule has 3 N–H and O–H groups in total. The van der Waals surface area contributed by atoms with Crippen LogP contribution in [-0.2, 0) is 0 Å². The van der Waals surface area contributed by atoms with Gasteiger partial charge in [0, 0.05) is 12.6 Å². The van der Waals surface area contributed by atoms with Crippen LogP contribution in [0.15, 0.2) is 24.5 Å². The van der Waals surface area contributed by atoms with Crippen molar-refractivity contribution in [3.05, 3.63) is 40.8 Å². The predicted octanol–water partition coefficient (Wildman–Crippen LogP) is 7.15. The minimum Gasteiger partial charge on any atom is -0.488 e. The molecule has 0 atom stereocenters. The van der Waals surface area contributed by atoms with Gasteiger partial charge in [-0.15, -0.1) is 11.3 Å². The van der Waals surface area contributed by atoms with E-state index in [2.05, 4.69) is 27.5 Å². The quantitative estimate of drug-likeness (QED) is 0.267. The predicted molar refractivity (Wildman–Crippen MR) is 151 cm³/mol. The van der Waals surface area contributed by atoms with Crippen molar-refractivity contribution in [2.45, 2.75) is 92.3 Å². The molecular weight excluding hydrogens is 491 g/mol. The summed E-state index contributed by atoms with van der Waals surface area (Å²) in [6, 6.07) is 4.35. The van der Waals surface area contributed by atoms with Gasteiger partial charge in [0.05, 0.1) is 28.2 Å². The average molecular weight is 533 g/mol. The second-order valence-electron chi connectivity index (χ2n) is 8.38. The van der Waals surface area contributed by atoms with Gasteiger partial charge in [-0.25, -0.2) is 14.4 Å². The summed E-state index contributed by atoms with van der Waals surface area (Å²) in [5, 5.41) is 16.7. The van der Waals surface area contributed by atoms with E-state index in [0.717, 1.165) is 36.6 Å². The number of carbonyl (C=O) groups is 1. The third-order valence-corrected chi connectivity index (χ3v) is 7.08. The third-order valence-electron chi connectivity index (χ3n) is 5.88. The van der Waals surface area contributed by atoms with Crippen molar-refractivity contribution in [3.63, 3.8) is 0 Å². The SMILES string of the molecule is CC.CC.CCCCNC(=O)c1sc2ncnc(Nc3ccc(F)cc3OC3CCC(O)CC3)c2c1C. The molecule has 4 rings (SSSR count). The molecule has 37 heavy (non-hydrogen) atoms. The van der Waals surface area contributed by atoms with E-state index in [1.807, 2.05) is 34.6 Å². The van der Waals surface area contributed by atoms with Gasteiger partial charge in [-0.05, 0) is 56.7 Å². The van der Waals surface area contributed by atoms with E-state index in [9.17, 15) is 14.3 Å². The number of carbonyl (C=O) groups excluding carboxylic acids is 1. The number of thiophene rings is 1. The zero-order valence-corrected chi connectivity index (χ0v) is 23.7. The molecule has 1 aliphatic carbocycles. The molecule has 1 fully saturated rings. The van der Waals surface area contributed by atoms with Crippen molar-refractivity contribution in [2.24, 2.45) is 0 Å². The summed E-state index contributed by atoms with van der Waals surface area (Å²) in [5.41, 5.74) is 1.39. The maximum Gasteiger partial charge on any atom is 0.261 e. The Balaban J connectivity index is 0.00000115. The number of nitrogens with one attached hydrogen (secondary N) is 2. The number of unbranched alkanes of at least 4 members (excludes halogenated alkanes) is 1. The molecule has 0 saturated heterocycles.